The molecule has 0 fully saturated rings. The van der Waals surface area contributed by atoms with E-state index in [0.29, 0.717) is 5.82 Å². The van der Waals surface area contributed by atoms with Crippen LogP contribution in [0.25, 0.3) is 0 Å². The predicted molar refractivity (Wildman–Crippen MR) is 79.5 cm³/mol. The monoisotopic (exact) mass is 288 g/mol. The number of hydrogen-bond donors (Lipinski definition) is 1. The van der Waals surface area contributed by atoms with Crippen LogP contribution in [0.15, 0.2) is 41.5 Å². The second kappa shape index (κ2) is 6.65. The first kappa shape index (κ1) is 14.7. The molecule has 0 spiro atoms. The standard InChI is InChI=1S/C14H16N4O3/c1-2-7-15-14-11(4-3-8-16-14)9-17-10-12(18(20)21)5-6-13(17)19/h3-6,8,10H,2,7,9H2,1H3,(H,15,16). The fourth-order valence-electron chi connectivity index (χ4n) is 1.90. The molecule has 0 saturated heterocycles. The molecule has 2 aromatic rings. The second-order valence-electron chi connectivity index (χ2n) is 4.55. The molecule has 0 saturated carbocycles. The summed E-state index contributed by atoms with van der Waals surface area (Å²) in [6, 6.07) is 6.02. The molecule has 0 atom stereocenters. The van der Waals surface area contributed by atoms with Gasteiger partial charge in [0.2, 0.25) is 0 Å². The zero-order valence-corrected chi connectivity index (χ0v) is 11.7. The lowest BCUT2D eigenvalue weighted by molar-refractivity contribution is -0.385. The van der Waals surface area contributed by atoms with Crippen molar-refractivity contribution in [3.05, 3.63) is 62.7 Å². The summed E-state index contributed by atoms with van der Waals surface area (Å²) in [7, 11) is 0. The van der Waals surface area contributed by atoms with Gasteiger partial charge in [-0.3, -0.25) is 14.9 Å². The van der Waals surface area contributed by atoms with E-state index in [9.17, 15) is 14.9 Å². The van der Waals surface area contributed by atoms with Gasteiger partial charge in [-0.25, -0.2) is 4.98 Å². The molecule has 2 rings (SSSR count). The highest BCUT2D eigenvalue weighted by molar-refractivity contribution is 5.44. The summed E-state index contributed by atoms with van der Waals surface area (Å²) in [6.45, 7) is 3.05. The number of rotatable bonds is 6. The third kappa shape index (κ3) is 3.65. The van der Waals surface area contributed by atoms with E-state index in [4.69, 9.17) is 0 Å². The fourth-order valence-corrected chi connectivity index (χ4v) is 1.90. The van der Waals surface area contributed by atoms with Crippen molar-refractivity contribution in [1.29, 1.82) is 0 Å². The number of nitrogens with zero attached hydrogens (tertiary/aromatic N) is 3. The summed E-state index contributed by atoms with van der Waals surface area (Å²) in [5.74, 6) is 0.692. The van der Waals surface area contributed by atoms with Crippen LogP contribution in [0.1, 0.15) is 18.9 Å². The van der Waals surface area contributed by atoms with Crippen LogP contribution >= 0.6 is 0 Å². The summed E-state index contributed by atoms with van der Waals surface area (Å²) in [5, 5.41) is 14.0. The Labute approximate surface area is 121 Å². The van der Waals surface area contributed by atoms with Gasteiger partial charge in [0.05, 0.1) is 17.7 Å². The average molecular weight is 288 g/mol. The Morgan fingerprint density at radius 3 is 2.90 bits per heavy atom. The van der Waals surface area contributed by atoms with Crippen molar-refractivity contribution >= 4 is 11.5 Å². The highest BCUT2D eigenvalue weighted by Gasteiger charge is 2.10. The number of pyridine rings is 2. The minimum atomic E-state index is -0.518. The van der Waals surface area contributed by atoms with Crippen LogP contribution in [0.4, 0.5) is 11.5 Å². The maximum absolute atomic E-state index is 11.8. The second-order valence-corrected chi connectivity index (χ2v) is 4.55. The van der Waals surface area contributed by atoms with Crippen LogP contribution in [0.3, 0.4) is 0 Å². The van der Waals surface area contributed by atoms with Gasteiger partial charge in [-0.1, -0.05) is 13.0 Å². The summed E-state index contributed by atoms with van der Waals surface area (Å²) >= 11 is 0. The van der Waals surface area contributed by atoms with E-state index in [1.54, 1.807) is 12.3 Å². The van der Waals surface area contributed by atoms with Gasteiger partial charge in [0.15, 0.2) is 0 Å². The topological polar surface area (TPSA) is 90.1 Å². The van der Waals surface area contributed by atoms with E-state index in [1.165, 1.54) is 22.9 Å². The first-order valence-electron chi connectivity index (χ1n) is 6.64. The molecule has 1 N–H and O–H groups in total. The Bertz CT molecular complexity index is 697. The quantitative estimate of drug-likeness (QED) is 0.648. The SMILES string of the molecule is CCCNc1ncccc1Cn1cc([N+](=O)[O-])ccc1=O. The molecule has 2 heterocycles. The van der Waals surface area contributed by atoms with E-state index in [0.717, 1.165) is 18.5 Å². The predicted octanol–water partition coefficient (Wildman–Crippen LogP) is 2.02. The van der Waals surface area contributed by atoms with Crippen LogP contribution < -0.4 is 10.9 Å². The van der Waals surface area contributed by atoms with Crippen molar-refractivity contribution < 1.29 is 4.92 Å². The number of nitro groups is 1. The maximum Gasteiger partial charge on any atom is 0.285 e. The van der Waals surface area contributed by atoms with Crippen molar-refractivity contribution in [2.24, 2.45) is 0 Å². The van der Waals surface area contributed by atoms with Gasteiger partial charge in [0.1, 0.15) is 5.82 Å². The molecular formula is C14H16N4O3. The number of aromatic nitrogens is 2. The molecule has 0 amide bonds. The van der Waals surface area contributed by atoms with E-state index in [1.807, 2.05) is 13.0 Å². The third-order valence-electron chi connectivity index (χ3n) is 2.95. The lowest BCUT2D eigenvalue weighted by Gasteiger charge is -2.11. The van der Waals surface area contributed by atoms with Gasteiger partial charge in [-0.2, -0.15) is 0 Å². The molecule has 7 heteroatoms. The van der Waals surface area contributed by atoms with E-state index < -0.39 is 4.92 Å². The first-order valence-corrected chi connectivity index (χ1v) is 6.64. The molecule has 0 aliphatic heterocycles. The van der Waals surface area contributed by atoms with Gasteiger partial charge in [0, 0.05) is 30.4 Å². The lowest BCUT2D eigenvalue weighted by Crippen LogP contribution is -2.20. The average Bonchev–Trinajstić information content (AvgIpc) is 2.48. The maximum atomic E-state index is 11.8. The lowest BCUT2D eigenvalue weighted by atomic mass is 10.2. The molecule has 0 aliphatic rings. The molecule has 0 aromatic carbocycles. The molecule has 110 valence electrons. The van der Waals surface area contributed by atoms with Crippen molar-refractivity contribution in [2.45, 2.75) is 19.9 Å². The Morgan fingerprint density at radius 2 is 2.19 bits per heavy atom. The minimum absolute atomic E-state index is 0.110. The zero-order chi connectivity index (χ0) is 15.2. The number of nitrogens with one attached hydrogen (secondary N) is 1. The normalized spacial score (nSPS) is 10.3. The summed E-state index contributed by atoms with van der Waals surface area (Å²) in [6.07, 6.45) is 3.86. The first-order chi connectivity index (χ1) is 10.1. The summed E-state index contributed by atoms with van der Waals surface area (Å²) < 4.78 is 1.31. The third-order valence-corrected chi connectivity index (χ3v) is 2.95. The van der Waals surface area contributed by atoms with E-state index in [-0.39, 0.29) is 17.8 Å². The van der Waals surface area contributed by atoms with Crippen LogP contribution in [-0.4, -0.2) is 21.0 Å². The Morgan fingerprint density at radius 1 is 1.38 bits per heavy atom. The smallest absolute Gasteiger partial charge is 0.285 e. The Kier molecular flexibility index (Phi) is 4.65. The van der Waals surface area contributed by atoms with Crippen LogP contribution in [-0.2, 0) is 6.54 Å². The molecule has 0 bridgehead atoms. The summed E-state index contributed by atoms with van der Waals surface area (Å²) in [4.78, 5) is 26.3. The largest absolute Gasteiger partial charge is 0.370 e. The van der Waals surface area contributed by atoms with Gasteiger partial charge in [-0.15, -0.1) is 0 Å². The van der Waals surface area contributed by atoms with Gasteiger partial charge in [0.25, 0.3) is 11.2 Å². The van der Waals surface area contributed by atoms with Crippen molar-refractivity contribution in [3.8, 4) is 0 Å². The van der Waals surface area contributed by atoms with Gasteiger partial charge >= 0.3 is 0 Å². The molecule has 0 radical (unpaired) electrons. The molecule has 0 aliphatic carbocycles. The van der Waals surface area contributed by atoms with Crippen molar-refractivity contribution in [3.63, 3.8) is 0 Å². The van der Waals surface area contributed by atoms with Crippen LogP contribution in [0, 0.1) is 10.1 Å². The molecule has 2 aromatic heterocycles. The molecule has 7 nitrogen and oxygen atoms in total. The highest BCUT2D eigenvalue weighted by atomic mass is 16.6. The van der Waals surface area contributed by atoms with E-state index in [2.05, 4.69) is 10.3 Å². The molecule has 0 unspecified atom stereocenters. The fraction of sp³-hybridized carbons (Fsp3) is 0.286. The number of hydrogen-bond acceptors (Lipinski definition) is 5. The van der Waals surface area contributed by atoms with Crippen molar-refractivity contribution in [2.75, 3.05) is 11.9 Å². The number of anilines is 1. The van der Waals surface area contributed by atoms with Crippen molar-refractivity contribution in [1.82, 2.24) is 9.55 Å². The van der Waals surface area contributed by atoms with Crippen LogP contribution in [0.2, 0.25) is 0 Å². The Hall–Kier alpha value is -2.70. The van der Waals surface area contributed by atoms with Gasteiger partial charge < -0.3 is 9.88 Å². The highest BCUT2D eigenvalue weighted by Crippen LogP contribution is 2.14. The molecule has 21 heavy (non-hydrogen) atoms. The van der Waals surface area contributed by atoms with Crippen LogP contribution in [0.5, 0.6) is 0 Å². The minimum Gasteiger partial charge on any atom is -0.370 e. The Balaban J connectivity index is 2.32. The summed E-state index contributed by atoms with van der Waals surface area (Å²) in [5.41, 5.74) is 0.418. The molecular weight excluding hydrogens is 272 g/mol. The van der Waals surface area contributed by atoms with E-state index >= 15 is 0 Å². The van der Waals surface area contributed by atoms with Gasteiger partial charge in [-0.05, 0) is 12.5 Å². The zero-order valence-electron chi connectivity index (χ0n) is 11.7.